The first-order valence-electron chi connectivity index (χ1n) is 10.0. The molecule has 1 fully saturated rings. The van der Waals surface area contributed by atoms with Crippen molar-refractivity contribution in [3.8, 4) is 11.3 Å². The molecule has 0 spiro atoms. The lowest BCUT2D eigenvalue weighted by Crippen LogP contribution is -2.62. The van der Waals surface area contributed by atoms with Gasteiger partial charge >= 0.3 is 11.7 Å². The Bertz CT molecular complexity index is 1040. The first kappa shape index (κ1) is 19.6. The van der Waals surface area contributed by atoms with Gasteiger partial charge in [-0.1, -0.05) is 6.07 Å². The minimum absolute atomic E-state index is 0.0517. The van der Waals surface area contributed by atoms with Gasteiger partial charge in [-0.25, -0.2) is 9.37 Å². The number of benzene rings is 1. The van der Waals surface area contributed by atoms with Gasteiger partial charge in [-0.2, -0.15) is 4.40 Å². The number of rotatable bonds is 3. The number of hydrogen-bond donors (Lipinski definition) is 3. The van der Waals surface area contributed by atoms with Crippen LogP contribution in [-0.4, -0.2) is 28.0 Å². The molecule has 0 radical (unpaired) electrons. The van der Waals surface area contributed by atoms with Crippen LogP contribution in [0.25, 0.3) is 16.8 Å². The van der Waals surface area contributed by atoms with Crippen molar-refractivity contribution in [2.75, 3.05) is 0 Å². The van der Waals surface area contributed by atoms with Crippen molar-refractivity contribution >= 4 is 11.4 Å². The number of piperidine rings is 1. The number of amides is 1. The van der Waals surface area contributed by atoms with E-state index in [1.54, 1.807) is 12.1 Å². The van der Waals surface area contributed by atoms with Gasteiger partial charge < -0.3 is 10.6 Å². The van der Waals surface area contributed by atoms with Crippen molar-refractivity contribution in [2.45, 2.75) is 57.7 Å². The third kappa shape index (κ3) is 4.03. The molecule has 1 aliphatic heterocycles. The fourth-order valence-corrected chi connectivity index (χ4v) is 4.77. The number of carbonyl (C=O) groups excluding carboxylic acids is 1. The molecule has 0 aliphatic carbocycles. The van der Waals surface area contributed by atoms with Crippen molar-refractivity contribution in [1.82, 2.24) is 15.6 Å². The summed E-state index contributed by atoms with van der Waals surface area (Å²) in [7, 11) is 0. The van der Waals surface area contributed by atoms with E-state index in [1.165, 1.54) is 12.1 Å². The summed E-state index contributed by atoms with van der Waals surface area (Å²) in [5.74, 6) is 0.0403. The number of aromatic amines is 1. The maximum Gasteiger partial charge on any atom is 0.351 e. The number of aromatic nitrogens is 2. The molecule has 3 heterocycles. The predicted molar refractivity (Wildman–Crippen MR) is 111 cm³/mol. The van der Waals surface area contributed by atoms with Crippen molar-refractivity contribution < 1.29 is 13.6 Å². The van der Waals surface area contributed by atoms with Crippen LogP contribution in [0.15, 0.2) is 48.7 Å². The minimum Gasteiger partial charge on any atom is -0.343 e. The van der Waals surface area contributed by atoms with E-state index in [9.17, 15) is 9.18 Å². The molecule has 2 aromatic heterocycles. The van der Waals surface area contributed by atoms with Crippen LogP contribution >= 0.6 is 0 Å². The van der Waals surface area contributed by atoms with E-state index in [2.05, 4.69) is 43.3 Å². The number of hydrogen-bond acceptors (Lipinski definition) is 2. The summed E-state index contributed by atoms with van der Waals surface area (Å²) in [5.41, 5.74) is 2.39. The van der Waals surface area contributed by atoms with Crippen LogP contribution in [-0.2, 0) is 0 Å². The predicted octanol–water partition coefficient (Wildman–Crippen LogP) is 3.60. The van der Waals surface area contributed by atoms with Crippen LogP contribution in [0.5, 0.6) is 0 Å². The monoisotopic (exact) mass is 395 g/mol. The number of fused-ring (bicyclic) bond motifs is 1. The van der Waals surface area contributed by atoms with Gasteiger partial charge in [-0.05, 0) is 76.9 Å². The van der Waals surface area contributed by atoms with E-state index in [1.807, 2.05) is 28.8 Å². The van der Waals surface area contributed by atoms with E-state index >= 15 is 0 Å². The summed E-state index contributed by atoms with van der Waals surface area (Å²) in [5, 5.41) is 6.86. The Morgan fingerprint density at radius 2 is 1.72 bits per heavy atom. The zero-order valence-corrected chi connectivity index (χ0v) is 17.3. The van der Waals surface area contributed by atoms with E-state index in [4.69, 9.17) is 0 Å². The number of nitrogens with zero attached hydrogens (tertiary/aromatic N) is 1. The Balaban J connectivity index is 1.67. The van der Waals surface area contributed by atoms with Crippen LogP contribution in [0, 0.1) is 5.82 Å². The Labute approximate surface area is 170 Å². The second-order valence-electron chi connectivity index (χ2n) is 9.28. The Hall–Kier alpha value is -2.73. The van der Waals surface area contributed by atoms with Crippen molar-refractivity contribution in [1.29, 1.82) is 0 Å². The first-order valence-corrected chi connectivity index (χ1v) is 10.0. The fourth-order valence-electron chi connectivity index (χ4n) is 4.77. The molecule has 6 heteroatoms. The molecule has 0 unspecified atom stereocenters. The molecular formula is C23H28FN4O+. The van der Waals surface area contributed by atoms with Crippen molar-refractivity contribution in [2.24, 2.45) is 0 Å². The molecule has 152 valence electrons. The van der Waals surface area contributed by atoms with Crippen LogP contribution in [0.4, 0.5) is 4.39 Å². The summed E-state index contributed by atoms with van der Waals surface area (Å²) < 4.78 is 15.2. The zero-order chi connectivity index (χ0) is 20.8. The highest BCUT2D eigenvalue weighted by molar-refractivity contribution is 5.91. The molecule has 3 aromatic rings. The highest BCUT2D eigenvalue weighted by Gasteiger charge is 2.39. The standard InChI is InChI=1S/C23H27FN4O/c1-22(2)13-17(14-23(3,4)27-22)25-21(29)20-26-19(15-8-10-16(24)11-9-15)18-7-5-6-12-28(18)20/h5-12,17,27H,13-14H2,1-4H3,(H,25,29)/p+1. The normalized spacial score (nSPS) is 18.7. The van der Waals surface area contributed by atoms with Gasteiger partial charge in [0.05, 0.1) is 6.20 Å². The number of pyridine rings is 1. The average Bonchev–Trinajstić information content (AvgIpc) is 2.99. The average molecular weight is 396 g/mol. The molecule has 1 aliphatic rings. The van der Waals surface area contributed by atoms with Crippen LogP contribution < -0.4 is 15.0 Å². The van der Waals surface area contributed by atoms with Crippen molar-refractivity contribution in [3.05, 3.63) is 60.3 Å². The Kier molecular flexibility index (Phi) is 4.69. The summed E-state index contributed by atoms with van der Waals surface area (Å²) in [6.45, 7) is 8.66. The lowest BCUT2D eigenvalue weighted by Gasteiger charge is -2.46. The molecule has 1 saturated heterocycles. The first-order chi connectivity index (χ1) is 13.6. The lowest BCUT2D eigenvalue weighted by atomic mass is 9.79. The Morgan fingerprint density at radius 1 is 1.07 bits per heavy atom. The van der Waals surface area contributed by atoms with E-state index in [-0.39, 0.29) is 28.8 Å². The lowest BCUT2D eigenvalue weighted by molar-refractivity contribution is -0.514. The fraction of sp³-hybridized carbons (Fsp3) is 0.391. The molecule has 0 bridgehead atoms. The van der Waals surface area contributed by atoms with Crippen LogP contribution in [0.3, 0.4) is 0 Å². The van der Waals surface area contributed by atoms with E-state index < -0.39 is 0 Å². The third-order valence-electron chi connectivity index (χ3n) is 5.47. The molecule has 29 heavy (non-hydrogen) atoms. The zero-order valence-electron chi connectivity index (χ0n) is 17.3. The van der Waals surface area contributed by atoms with Gasteiger partial charge in [0.25, 0.3) is 0 Å². The molecule has 4 rings (SSSR count). The van der Waals surface area contributed by atoms with Crippen LogP contribution in [0.2, 0.25) is 0 Å². The quantitative estimate of drug-likeness (QED) is 0.594. The Morgan fingerprint density at radius 3 is 2.38 bits per heavy atom. The number of imidazole rings is 1. The SMILES string of the molecule is CC1(C)CC(NC(=O)c2[nH]c(-c3ccc(F)cc3)c3cccc[n+]23)CC(C)(C)N1. The van der Waals surface area contributed by atoms with E-state index in [0.29, 0.717) is 5.82 Å². The van der Waals surface area contributed by atoms with Gasteiger partial charge in [-0.3, -0.25) is 4.79 Å². The smallest absolute Gasteiger partial charge is 0.343 e. The largest absolute Gasteiger partial charge is 0.351 e. The highest BCUT2D eigenvalue weighted by Crippen LogP contribution is 2.29. The number of carbonyl (C=O) groups is 1. The number of nitrogens with one attached hydrogen (secondary N) is 3. The second-order valence-corrected chi connectivity index (χ2v) is 9.28. The molecule has 1 amide bonds. The van der Waals surface area contributed by atoms with Gasteiger partial charge in [-0.15, -0.1) is 0 Å². The maximum absolute atomic E-state index is 13.4. The number of halogens is 1. The minimum atomic E-state index is -0.286. The van der Waals surface area contributed by atoms with Crippen LogP contribution in [0.1, 0.15) is 51.2 Å². The second kappa shape index (κ2) is 6.95. The number of H-pyrrole nitrogens is 1. The summed E-state index contributed by atoms with van der Waals surface area (Å²) >= 11 is 0. The maximum atomic E-state index is 13.4. The molecule has 0 atom stereocenters. The topological polar surface area (TPSA) is 61.0 Å². The molecular weight excluding hydrogens is 367 g/mol. The molecule has 3 N–H and O–H groups in total. The summed E-state index contributed by atoms with van der Waals surface area (Å²) in [4.78, 5) is 16.5. The van der Waals surface area contributed by atoms with Gasteiger partial charge in [0.1, 0.15) is 5.82 Å². The van der Waals surface area contributed by atoms with E-state index in [0.717, 1.165) is 29.6 Å². The molecule has 0 saturated carbocycles. The van der Waals surface area contributed by atoms with Gasteiger partial charge in [0, 0.05) is 22.7 Å². The summed E-state index contributed by atoms with van der Waals surface area (Å²) in [6.07, 6.45) is 3.58. The molecule has 5 nitrogen and oxygen atoms in total. The highest BCUT2D eigenvalue weighted by atomic mass is 19.1. The van der Waals surface area contributed by atoms with Crippen molar-refractivity contribution in [3.63, 3.8) is 0 Å². The van der Waals surface area contributed by atoms with Gasteiger partial charge in [0.2, 0.25) is 0 Å². The summed E-state index contributed by atoms with van der Waals surface area (Å²) in [6, 6.07) is 12.1. The third-order valence-corrected chi connectivity index (χ3v) is 5.47. The van der Waals surface area contributed by atoms with Gasteiger partial charge in [0.15, 0.2) is 11.2 Å². The molecule has 1 aromatic carbocycles.